The van der Waals surface area contributed by atoms with Gasteiger partial charge in [-0.1, -0.05) is 6.07 Å². The van der Waals surface area contributed by atoms with Crippen molar-refractivity contribution in [3.05, 3.63) is 76.4 Å². The normalized spacial score (nSPS) is 17.2. The molecular formula is C22H24N3O3S+. The van der Waals surface area contributed by atoms with E-state index in [0.29, 0.717) is 13.0 Å². The number of hydrogen-bond donors (Lipinski definition) is 1. The van der Waals surface area contributed by atoms with Gasteiger partial charge in [0.1, 0.15) is 24.1 Å². The molecule has 2 aromatic heterocycles. The summed E-state index contributed by atoms with van der Waals surface area (Å²) in [6.07, 6.45) is 2.26. The highest BCUT2D eigenvalue weighted by Crippen LogP contribution is 2.33. The van der Waals surface area contributed by atoms with Gasteiger partial charge in [-0.2, -0.15) is 5.10 Å². The molecule has 0 fully saturated rings. The van der Waals surface area contributed by atoms with Crippen LogP contribution in [0.25, 0.3) is 0 Å². The van der Waals surface area contributed by atoms with Crippen LogP contribution in [0.15, 0.2) is 69.7 Å². The molecule has 1 unspecified atom stereocenters. The maximum atomic E-state index is 13.1. The third-order valence-electron chi connectivity index (χ3n) is 4.97. The number of carbonyl (C=O) groups is 1. The number of nitrogens with one attached hydrogen (secondary N) is 1. The topological polar surface area (TPSA) is 59.5 Å². The number of ether oxygens (including phenoxy) is 1. The lowest BCUT2D eigenvalue weighted by atomic mass is 10.0. The van der Waals surface area contributed by atoms with E-state index in [1.54, 1.807) is 29.7 Å². The average Bonchev–Trinajstić information content (AvgIpc) is 3.48. The van der Waals surface area contributed by atoms with Crippen molar-refractivity contribution in [3.8, 4) is 5.75 Å². The summed E-state index contributed by atoms with van der Waals surface area (Å²) in [5.74, 6) is 1.53. The zero-order chi connectivity index (χ0) is 20.2. The molecule has 1 aliphatic heterocycles. The van der Waals surface area contributed by atoms with Crippen molar-refractivity contribution in [2.75, 3.05) is 20.7 Å². The standard InChI is InChI=1S/C22H23N3O3S/c1-24(14-18-5-4-12-29-18)15-22(26)25-20(21-6-3-11-28-21)13-19(23-25)16-7-9-17(27-2)10-8-16/h3-12,20H,13-15H2,1-2H3/p+1/t20-/m0/s1. The van der Waals surface area contributed by atoms with Crippen LogP contribution in [-0.4, -0.2) is 37.3 Å². The van der Waals surface area contributed by atoms with Gasteiger partial charge in [-0.25, -0.2) is 5.01 Å². The maximum Gasteiger partial charge on any atom is 0.298 e. The Kier molecular flexibility index (Phi) is 5.78. The minimum absolute atomic E-state index is 0.0102. The van der Waals surface area contributed by atoms with Gasteiger partial charge in [0.25, 0.3) is 5.91 Å². The number of rotatable bonds is 7. The van der Waals surface area contributed by atoms with Crippen LogP contribution in [0.4, 0.5) is 0 Å². The van der Waals surface area contributed by atoms with Crippen LogP contribution >= 0.6 is 11.3 Å². The van der Waals surface area contributed by atoms with Crippen molar-refractivity contribution in [2.45, 2.75) is 19.0 Å². The van der Waals surface area contributed by atoms with E-state index in [-0.39, 0.29) is 11.9 Å². The Balaban J connectivity index is 1.53. The zero-order valence-electron chi connectivity index (χ0n) is 16.5. The number of likely N-dealkylation sites (N-methyl/N-ethyl adjacent to an activating group) is 1. The Bertz CT molecular complexity index is 965. The van der Waals surface area contributed by atoms with Gasteiger partial charge in [0.2, 0.25) is 0 Å². The fourth-order valence-electron chi connectivity index (χ4n) is 3.51. The molecule has 2 atom stereocenters. The third-order valence-corrected chi connectivity index (χ3v) is 5.85. The van der Waals surface area contributed by atoms with Crippen LogP contribution in [0.2, 0.25) is 0 Å². The monoisotopic (exact) mass is 410 g/mol. The highest BCUT2D eigenvalue weighted by Gasteiger charge is 2.36. The van der Waals surface area contributed by atoms with E-state index in [1.165, 1.54) is 4.88 Å². The second-order valence-electron chi connectivity index (χ2n) is 7.14. The van der Waals surface area contributed by atoms with Crippen molar-refractivity contribution >= 4 is 23.0 Å². The minimum atomic E-state index is -0.218. The van der Waals surface area contributed by atoms with Gasteiger partial charge >= 0.3 is 0 Å². The Labute approximate surface area is 174 Å². The maximum absolute atomic E-state index is 13.1. The fourth-order valence-corrected chi connectivity index (χ4v) is 4.33. The van der Waals surface area contributed by atoms with Crippen LogP contribution in [0.1, 0.15) is 28.7 Å². The second kappa shape index (κ2) is 8.63. The molecule has 1 amide bonds. The van der Waals surface area contributed by atoms with Gasteiger partial charge in [0.05, 0.1) is 31.0 Å². The van der Waals surface area contributed by atoms with Gasteiger partial charge in [0.15, 0.2) is 6.54 Å². The molecular weight excluding hydrogens is 386 g/mol. The Morgan fingerprint density at radius 2 is 2.10 bits per heavy atom. The number of thiophene rings is 1. The van der Waals surface area contributed by atoms with Gasteiger partial charge in [-0.3, -0.25) is 4.79 Å². The highest BCUT2D eigenvalue weighted by molar-refractivity contribution is 7.09. The van der Waals surface area contributed by atoms with E-state index < -0.39 is 0 Å². The molecule has 3 aromatic rings. The van der Waals surface area contributed by atoms with Gasteiger partial charge in [0, 0.05) is 6.42 Å². The van der Waals surface area contributed by atoms with Crippen molar-refractivity contribution in [1.29, 1.82) is 0 Å². The molecule has 0 saturated heterocycles. The van der Waals surface area contributed by atoms with Crippen molar-refractivity contribution in [2.24, 2.45) is 5.10 Å². The predicted octanol–water partition coefficient (Wildman–Crippen LogP) is 2.74. The summed E-state index contributed by atoms with van der Waals surface area (Å²) in [6.45, 7) is 1.19. The molecule has 3 heterocycles. The summed E-state index contributed by atoms with van der Waals surface area (Å²) >= 11 is 1.71. The molecule has 0 bridgehead atoms. The van der Waals surface area contributed by atoms with Crippen LogP contribution < -0.4 is 9.64 Å². The summed E-state index contributed by atoms with van der Waals surface area (Å²) < 4.78 is 10.9. The molecule has 1 N–H and O–H groups in total. The Hall–Kier alpha value is -2.90. The molecule has 150 valence electrons. The van der Waals surface area contributed by atoms with Crippen molar-refractivity contribution in [1.82, 2.24) is 5.01 Å². The molecule has 1 aliphatic rings. The van der Waals surface area contributed by atoms with E-state index >= 15 is 0 Å². The molecule has 6 nitrogen and oxygen atoms in total. The van der Waals surface area contributed by atoms with Gasteiger partial charge in [-0.05, 0) is 53.4 Å². The van der Waals surface area contributed by atoms with E-state index in [4.69, 9.17) is 14.3 Å². The fraction of sp³-hybridized carbons (Fsp3) is 0.273. The first kappa shape index (κ1) is 19.4. The number of quaternary nitrogens is 1. The number of hydrazone groups is 1. The van der Waals surface area contributed by atoms with E-state index in [1.807, 2.05) is 49.5 Å². The lowest BCUT2D eigenvalue weighted by Gasteiger charge is -2.21. The molecule has 0 saturated carbocycles. The SMILES string of the molecule is COc1ccc(C2=NN(C(=O)C[NH+](C)Cc3cccs3)[C@H](c3ccco3)C2)cc1. The lowest BCUT2D eigenvalue weighted by Crippen LogP contribution is -3.08. The largest absolute Gasteiger partial charge is 0.497 e. The first-order valence-electron chi connectivity index (χ1n) is 9.55. The van der Waals surface area contributed by atoms with Crippen molar-refractivity contribution < 1.29 is 18.8 Å². The van der Waals surface area contributed by atoms with E-state index in [0.717, 1.165) is 34.2 Å². The predicted molar refractivity (Wildman–Crippen MR) is 112 cm³/mol. The quantitative estimate of drug-likeness (QED) is 0.652. The molecule has 0 aliphatic carbocycles. The molecule has 0 radical (unpaired) electrons. The summed E-state index contributed by atoms with van der Waals surface area (Å²) in [5, 5.41) is 8.34. The molecule has 7 heteroatoms. The second-order valence-corrected chi connectivity index (χ2v) is 8.17. The molecule has 0 spiro atoms. The number of carbonyl (C=O) groups excluding carboxylic acids is 1. The summed E-state index contributed by atoms with van der Waals surface area (Å²) in [5.41, 5.74) is 1.86. The first-order chi connectivity index (χ1) is 14.1. The summed E-state index contributed by atoms with van der Waals surface area (Å²) in [7, 11) is 3.67. The number of furan rings is 1. The number of hydrogen-bond acceptors (Lipinski definition) is 5. The number of methoxy groups -OCH3 is 1. The van der Waals surface area contributed by atoms with E-state index in [2.05, 4.69) is 11.4 Å². The molecule has 1 aromatic carbocycles. The van der Waals surface area contributed by atoms with E-state index in [9.17, 15) is 4.79 Å². The molecule has 29 heavy (non-hydrogen) atoms. The van der Waals surface area contributed by atoms with Gasteiger partial charge < -0.3 is 14.1 Å². The first-order valence-corrected chi connectivity index (χ1v) is 10.4. The average molecular weight is 411 g/mol. The third kappa shape index (κ3) is 4.41. The number of nitrogens with zero attached hydrogens (tertiary/aromatic N) is 2. The van der Waals surface area contributed by atoms with Crippen LogP contribution in [-0.2, 0) is 11.3 Å². The van der Waals surface area contributed by atoms with Crippen LogP contribution in [0.5, 0.6) is 5.75 Å². The van der Waals surface area contributed by atoms with Gasteiger partial charge in [-0.15, -0.1) is 11.3 Å². The Morgan fingerprint density at radius 3 is 2.76 bits per heavy atom. The summed E-state index contributed by atoms with van der Waals surface area (Å²) in [4.78, 5) is 15.5. The van der Waals surface area contributed by atoms with Crippen molar-refractivity contribution in [3.63, 3.8) is 0 Å². The number of benzene rings is 1. The molecule has 4 rings (SSSR count). The Morgan fingerprint density at radius 1 is 1.28 bits per heavy atom. The summed E-state index contributed by atoms with van der Waals surface area (Å²) in [6, 6.07) is 15.4. The smallest absolute Gasteiger partial charge is 0.298 e. The number of amides is 1. The zero-order valence-corrected chi connectivity index (χ0v) is 17.3. The highest BCUT2D eigenvalue weighted by atomic mass is 32.1. The van der Waals surface area contributed by atoms with Crippen LogP contribution in [0, 0.1) is 0 Å². The van der Waals surface area contributed by atoms with Crippen LogP contribution in [0.3, 0.4) is 0 Å². The minimum Gasteiger partial charge on any atom is -0.497 e. The lowest BCUT2D eigenvalue weighted by molar-refractivity contribution is -0.885.